The summed E-state index contributed by atoms with van der Waals surface area (Å²) in [6, 6.07) is 13.1. The number of methoxy groups -OCH3 is 1. The molecule has 0 saturated carbocycles. The number of nitrogens with zero attached hydrogens (tertiary/aromatic N) is 2. The average molecular weight is 401 g/mol. The Bertz CT molecular complexity index is 1010. The lowest BCUT2D eigenvalue weighted by molar-refractivity contribution is 0.0600. The first-order valence-corrected chi connectivity index (χ1v) is 7.90. The fourth-order valence-corrected chi connectivity index (χ4v) is 2.50. The molecule has 0 atom stereocenters. The third-order valence-electron chi connectivity index (χ3n) is 3.83. The molecule has 3 rings (SSSR count). The highest BCUT2D eigenvalue weighted by atomic mass is 35.5. The molecule has 0 radical (unpaired) electrons. The van der Waals surface area contributed by atoms with E-state index in [4.69, 9.17) is 5.73 Å². The zero-order chi connectivity index (χ0) is 19.4. The Hall–Kier alpha value is -3.65. The van der Waals surface area contributed by atoms with Crippen LogP contribution in [-0.2, 0) is 4.74 Å². The van der Waals surface area contributed by atoms with Gasteiger partial charge in [0.25, 0.3) is 0 Å². The zero-order valence-corrected chi connectivity index (χ0v) is 15.6. The number of aromatic nitrogens is 2. The second-order valence-corrected chi connectivity index (χ2v) is 5.54. The molecule has 3 aromatic rings. The Kier molecular flexibility index (Phi) is 6.51. The van der Waals surface area contributed by atoms with E-state index in [9.17, 15) is 14.7 Å². The van der Waals surface area contributed by atoms with E-state index in [1.807, 2.05) is 0 Å². The number of carbonyl (C=O) groups is 2. The van der Waals surface area contributed by atoms with Crippen LogP contribution in [0, 0.1) is 0 Å². The Morgan fingerprint density at radius 2 is 1.75 bits per heavy atom. The van der Waals surface area contributed by atoms with Crippen LogP contribution >= 0.6 is 12.4 Å². The van der Waals surface area contributed by atoms with Gasteiger partial charge >= 0.3 is 11.9 Å². The third-order valence-corrected chi connectivity index (χ3v) is 3.83. The van der Waals surface area contributed by atoms with Crippen LogP contribution in [0.5, 0.6) is 0 Å². The minimum atomic E-state index is -1.06. The summed E-state index contributed by atoms with van der Waals surface area (Å²) in [5, 5.41) is 12.3. The lowest BCUT2D eigenvalue weighted by Crippen LogP contribution is -2.05. The van der Waals surface area contributed by atoms with Crippen LogP contribution in [0.25, 0.3) is 11.1 Å². The molecule has 2 aromatic carbocycles. The van der Waals surface area contributed by atoms with Crippen molar-refractivity contribution in [3.05, 3.63) is 65.9 Å². The number of nitrogens with one attached hydrogen (secondary N) is 1. The summed E-state index contributed by atoms with van der Waals surface area (Å²) in [5.41, 5.74) is 8.08. The predicted octanol–water partition coefficient (Wildman–Crippen LogP) is 3.38. The van der Waals surface area contributed by atoms with Crippen molar-refractivity contribution in [2.45, 2.75) is 0 Å². The van der Waals surface area contributed by atoms with Gasteiger partial charge in [-0.15, -0.1) is 12.4 Å². The maximum atomic E-state index is 11.4. The van der Waals surface area contributed by atoms with Crippen molar-refractivity contribution < 1.29 is 19.4 Å². The van der Waals surface area contributed by atoms with E-state index >= 15 is 0 Å². The summed E-state index contributed by atoms with van der Waals surface area (Å²) in [5.74, 6) is -1.09. The molecule has 144 valence electrons. The van der Waals surface area contributed by atoms with E-state index in [2.05, 4.69) is 20.0 Å². The fourth-order valence-electron chi connectivity index (χ4n) is 2.50. The van der Waals surface area contributed by atoms with Crippen molar-refractivity contribution >= 4 is 41.8 Å². The van der Waals surface area contributed by atoms with E-state index < -0.39 is 11.9 Å². The van der Waals surface area contributed by atoms with Crippen LogP contribution in [0.1, 0.15) is 20.7 Å². The lowest BCUT2D eigenvalue weighted by atomic mass is 10.0. The highest BCUT2D eigenvalue weighted by molar-refractivity contribution is 5.97. The minimum Gasteiger partial charge on any atom is -0.478 e. The van der Waals surface area contributed by atoms with Gasteiger partial charge in [-0.2, -0.15) is 4.98 Å². The summed E-state index contributed by atoms with van der Waals surface area (Å²) in [6.07, 6.45) is 1.47. The molecule has 0 unspecified atom stereocenters. The van der Waals surface area contributed by atoms with E-state index in [1.165, 1.54) is 19.4 Å². The van der Waals surface area contributed by atoms with Crippen LogP contribution in [0.4, 0.5) is 17.5 Å². The zero-order valence-electron chi connectivity index (χ0n) is 14.7. The van der Waals surface area contributed by atoms with Crippen LogP contribution in [0.2, 0.25) is 0 Å². The number of aromatic carboxylic acids is 1. The van der Waals surface area contributed by atoms with Gasteiger partial charge in [0.1, 0.15) is 5.82 Å². The third kappa shape index (κ3) is 4.36. The first-order valence-electron chi connectivity index (χ1n) is 7.90. The summed E-state index contributed by atoms with van der Waals surface area (Å²) in [4.78, 5) is 31.2. The van der Waals surface area contributed by atoms with E-state index in [0.29, 0.717) is 22.4 Å². The number of nitrogen functional groups attached to an aromatic ring is 1. The molecule has 4 N–H and O–H groups in total. The van der Waals surface area contributed by atoms with Gasteiger partial charge in [0.05, 0.1) is 18.2 Å². The second kappa shape index (κ2) is 8.83. The van der Waals surface area contributed by atoms with Crippen molar-refractivity contribution in [1.29, 1.82) is 0 Å². The molecule has 9 heteroatoms. The van der Waals surface area contributed by atoms with E-state index in [-0.39, 0.29) is 29.7 Å². The molecular weight excluding hydrogens is 384 g/mol. The molecule has 0 bridgehead atoms. The number of carboxylic acid groups (broad SMARTS) is 1. The Labute approximate surface area is 166 Å². The van der Waals surface area contributed by atoms with E-state index in [0.717, 1.165) is 0 Å². The predicted molar refractivity (Wildman–Crippen MR) is 107 cm³/mol. The van der Waals surface area contributed by atoms with Crippen LogP contribution in [0.15, 0.2) is 54.7 Å². The Morgan fingerprint density at radius 3 is 2.36 bits per heavy atom. The summed E-state index contributed by atoms with van der Waals surface area (Å²) >= 11 is 0. The fraction of sp³-hybridized carbons (Fsp3) is 0.0526. The molecule has 0 aliphatic heterocycles. The number of esters is 1. The second-order valence-electron chi connectivity index (χ2n) is 5.54. The Morgan fingerprint density at radius 1 is 1.07 bits per heavy atom. The molecule has 8 nitrogen and oxygen atoms in total. The largest absolute Gasteiger partial charge is 0.478 e. The van der Waals surface area contributed by atoms with Crippen molar-refractivity contribution in [3.63, 3.8) is 0 Å². The van der Waals surface area contributed by atoms with E-state index in [1.54, 1.807) is 42.5 Å². The molecule has 1 aromatic heterocycles. The molecule has 1 heterocycles. The van der Waals surface area contributed by atoms with Gasteiger partial charge in [-0.05, 0) is 30.3 Å². The Balaban J connectivity index is 0.00000280. The number of benzene rings is 2. The van der Waals surface area contributed by atoms with Gasteiger partial charge in [-0.1, -0.05) is 18.2 Å². The number of rotatable bonds is 5. The first kappa shape index (κ1) is 20.7. The van der Waals surface area contributed by atoms with Gasteiger partial charge in [0.15, 0.2) is 0 Å². The number of carboxylic acids is 1. The number of hydrogen-bond donors (Lipinski definition) is 3. The van der Waals surface area contributed by atoms with Crippen molar-refractivity contribution in [2.75, 3.05) is 18.2 Å². The molecule has 28 heavy (non-hydrogen) atoms. The maximum absolute atomic E-state index is 11.4. The number of anilines is 3. The average Bonchev–Trinajstić information content (AvgIpc) is 2.68. The van der Waals surface area contributed by atoms with Gasteiger partial charge in [0, 0.05) is 23.0 Å². The van der Waals surface area contributed by atoms with Crippen molar-refractivity contribution in [2.24, 2.45) is 0 Å². The van der Waals surface area contributed by atoms with Crippen LogP contribution in [-0.4, -0.2) is 34.1 Å². The molecule has 0 amide bonds. The molecule has 0 fully saturated rings. The standard InChI is InChI=1S/C19H16N4O4.ClH/c1-27-18(26)11-6-8-12(9-7-11)22-19-21-10-15(16(20)23-19)13-4-2-3-5-14(13)17(24)25;/h2-10H,1H3,(H,24,25)(H3,20,21,22,23);1H. The summed E-state index contributed by atoms with van der Waals surface area (Å²) < 4.78 is 4.65. The minimum absolute atomic E-state index is 0. The van der Waals surface area contributed by atoms with Gasteiger partial charge in [0.2, 0.25) is 5.95 Å². The number of hydrogen-bond acceptors (Lipinski definition) is 7. The molecular formula is C19H17ClN4O4. The highest BCUT2D eigenvalue weighted by Crippen LogP contribution is 2.28. The van der Waals surface area contributed by atoms with Gasteiger partial charge in [-0.3, -0.25) is 0 Å². The molecule has 0 spiro atoms. The molecule has 0 saturated heterocycles. The number of carbonyl (C=O) groups excluding carboxylic acids is 1. The van der Waals surface area contributed by atoms with Crippen molar-refractivity contribution in [1.82, 2.24) is 9.97 Å². The first-order chi connectivity index (χ1) is 13.0. The SMILES string of the molecule is COC(=O)c1ccc(Nc2ncc(-c3ccccc3C(=O)O)c(N)n2)cc1.Cl. The smallest absolute Gasteiger partial charge is 0.337 e. The topological polar surface area (TPSA) is 127 Å². The van der Waals surface area contributed by atoms with Crippen LogP contribution < -0.4 is 11.1 Å². The van der Waals surface area contributed by atoms with Crippen LogP contribution in [0.3, 0.4) is 0 Å². The normalized spacial score (nSPS) is 9.89. The highest BCUT2D eigenvalue weighted by Gasteiger charge is 2.15. The van der Waals surface area contributed by atoms with Crippen molar-refractivity contribution in [3.8, 4) is 11.1 Å². The molecule has 0 aliphatic carbocycles. The summed E-state index contributed by atoms with van der Waals surface area (Å²) in [7, 11) is 1.31. The quantitative estimate of drug-likeness (QED) is 0.556. The number of nitrogens with two attached hydrogens (primary N) is 1. The van der Waals surface area contributed by atoms with Gasteiger partial charge < -0.3 is 20.9 Å². The number of ether oxygens (including phenoxy) is 1. The molecule has 0 aliphatic rings. The number of halogens is 1. The lowest BCUT2D eigenvalue weighted by Gasteiger charge is -2.10. The monoisotopic (exact) mass is 400 g/mol. The summed E-state index contributed by atoms with van der Waals surface area (Å²) in [6.45, 7) is 0. The van der Waals surface area contributed by atoms with Gasteiger partial charge in [-0.25, -0.2) is 14.6 Å². The maximum Gasteiger partial charge on any atom is 0.337 e.